The summed E-state index contributed by atoms with van der Waals surface area (Å²) < 4.78 is 0. The first kappa shape index (κ1) is 16.3. The summed E-state index contributed by atoms with van der Waals surface area (Å²) in [5.74, 6) is 0.977. The van der Waals surface area contributed by atoms with Gasteiger partial charge in [0.25, 0.3) is 0 Å². The van der Waals surface area contributed by atoms with Crippen molar-refractivity contribution >= 4 is 0 Å². The molecule has 1 saturated carbocycles. The maximum atomic E-state index is 3.86. The molecule has 20 heavy (non-hydrogen) atoms. The normalized spacial score (nSPS) is 33.6. The van der Waals surface area contributed by atoms with E-state index in [-0.39, 0.29) is 0 Å². The lowest BCUT2D eigenvalue weighted by Crippen LogP contribution is -2.54. The fourth-order valence-electron chi connectivity index (χ4n) is 4.18. The van der Waals surface area contributed by atoms with Crippen molar-refractivity contribution in [3.05, 3.63) is 0 Å². The SMILES string of the molecule is CCCNC1CCC(CC)CC1N1CCCCCCC1. The molecular formula is C18H36N2. The van der Waals surface area contributed by atoms with Gasteiger partial charge < -0.3 is 5.32 Å². The minimum absolute atomic E-state index is 0.761. The van der Waals surface area contributed by atoms with Gasteiger partial charge in [-0.1, -0.05) is 39.5 Å². The minimum atomic E-state index is 0.761. The minimum Gasteiger partial charge on any atom is -0.312 e. The zero-order valence-corrected chi connectivity index (χ0v) is 13.9. The molecule has 1 aliphatic heterocycles. The molecule has 3 unspecified atom stereocenters. The highest BCUT2D eigenvalue weighted by Crippen LogP contribution is 2.31. The number of rotatable bonds is 5. The van der Waals surface area contributed by atoms with Gasteiger partial charge in [-0.3, -0.25) is 4.90 Å². The van der Waals surface area contributed by atoms with E-state index in [4.69, 9.17) is 0 Å². The summed E-state index contributed by atoms with van der Waals surface area (Å²) in [7, 11) is 0. The molecule has 2 nitrogen and oxygen atoms in total. The van der Waals surface area contributed by atoms with Crippen LogP contribution in [0.5, 0.6) is 0 Å². The van der Waals surface area contributed by atoms with Gasteiger partial charge in [0.05, 0.1) is 0 Å². The van der Waals surface area contributed by atoms with E-state index in [1.807, 2.05) is 0 Å². The van der Waals surface area contributed by atoms with Crippen molar-refractivity contribution in [2.24, 2.45) is 5.92 Å². The van der Waals surface area contributed by atoms with Crippen LogP contribution in [0.1, 0.15) is 78.1 Å². The Kier molecular flexibility index (Phi) is 7.37. The van der Waals surface area contributed by atoms with Crippen LogP contribution in [0.15, 0.2) is 0 Å². The first-order chi connectivity index (χ1) is 9.85. The summed E-state index contributed by atoms with van der Waals surface area (Å²) in [5.41, 5.74) is 0. The molecule has 118 valence electrons. The molecule has 2 heteroatoms. The van der Waals surface area contributed by atoms with Gasteiger partial charge in [0, 0.05) is 12.1 Å². The Hall–Kier alpha value is -0.0800. The highest BCUT2D eigenvalue weighted by atomic mass is 15.2. The van der Waals surface area contributed by atoms with Crippen LogP contribution in [0.4, 0.5) is 0 Å². The van der Waals surface area contributed by atoms with E-state index in [1.165, 1.54) is 83.8 Å². The first-order valence-electron chi connectivity index (χ1n) is 9.32. The van der Waals surface area contributed by atoms with Crippen molar-refractivity contribution in [1.29, 1.82) is 0 Å². The Morgan fingerprint density at radius 2 is 1.65 bits per heavy atom. The first-order valence-corrected chi connectivity index (χ1v) is 9.32. The van der Waals surface area contributed by atoms with Crippen LogP contribution in [0.2, 0.25) is 0 Å². The highest BCUT2D eigenvalue weighted by molar-refractivity contribution is 4.91. The van der Waals surface area contributed by atoms with Gasteiger partial charge in [0.2, 0.25) is 0 Å². The average molecular weight is 280 g/mol. The van der Waals surface area contributed by atoms with Crippen molar-refractivity contribution in [2.45, 2.75) is 90.1 Å². The summed E-state index contributed by atoms with van der Waals surface area (Å²) in [4.78, 5) is 2.86. The lowest BCUT2D eigenvalue weighted by molar-refractivity contribution is 0.0877. The van der Waals surface area contributed by atoms with E-state index in [0.717, 1.165) is 18.0 Å². The molecule has 1 aliphatic carbocycles. The third kappa shape index (κ3) is 4.73. The number of hydrogen-bond acceptors (Lipinski definition) is 2. The molecule has 1 heterocycles. The van der Waals surface area contributed by atoms with E-state index >= 15 is 0 Å². The van der Waals surface area contributed by atoms with Crippen LogP contribution in [0.25, 0.3) is 0 Å². The molecule has 1 N–H and O–H groups in total. The van der Waals surface area contributed by atoms with Gasteiger partial charge in [0.1, 0.15) is 0 Å². The van der Waals surface area contributed by atoms with E-state index in [1.54, 1.807) is 0 Å². The topological polar surface area (TPSA) is 15.3 Å². The third-order valence-electron chi connectivity index (χ3n) is 5.52. The Morgan fingerprint density at radius 1 is 0.950 bits per heavy atom. The lowest BCUT2D eigenvalue weighted by Gasteiger charge is -2.44. The maximum absolute atomic E-state index is 3.86. The average Bonchev–Trinajstić information content (AvgIpc) is 2.45. The van der Waals surface area contributed by atoms with E-state index < -0.39 is 0 Å². The van der Waals surface area contributed by atoms with Gasteiger partial charge in [-0.05, 0) is 64.1 Å². The Morgan fingerprint density at radius 3 is 2.30 bits per heavy atom. The summed E-state index contributed by atoms with van der Waals surface area (Å²) in [6.45, 7) is 8.58. The molecule has 0 spiro atoms. The second kappa shape index (κ2) is 9.04. The van der Waals surface area contributed by atoms with Crippen molar-refractivity contribution in [3.63, 3.8) is 0 Å². The zero-order chi connectivity index (χ0) is 14.2. The number of likely N-dealkylation sites (tertiary alicyclic amines) is 1. The number of nitrogens with zero attached hydrogens (tertiary/aromatic N) is 1. The molecule has 2 rings (SSSR count). The standard InChI is InChI=1S/C18H36N2/c1-3-12-19-17-11-10-16(4-2)15-18(17)20-13-8-6-5-7-9-14-20/h16-19H,3-15H2,1-2H3. The molecule has 2 aliphatic rings. The number of hydrogen-bond donors (Lipinski definition) is 1. The van der Waals surface area contributed by atoms with Crippen molar-refractivity contribution in [1.82, 2.24) is 10.2 Å². The van der Waals surface area contributed by atoms with E-state index in [0.29, 0.717) is 0 Å². The summed E-state index contributed by atoms with van der Waals surface area (Å²) >= 11 is 0. The molecule has 2 fully saturated rings. The quantitative estimate of drug-likeness (QED) is 0.812. The monoisotopic (exact) mass is 280 g/mol. The molecule has 0 radical (unpaired) electrons. The summed E-state index contributed by atoms with van der Waals surface area (Å²) in [5, 5.41) is 3.86. The van der Waals surface area contributed by atoms with Crippen molar-refractivity contribution in [3.8, 4) is 0 Å². The molecule has 3 atom stereocenters. The van der Waals surface area contributed by atoms with Gasteiger partial charge in [-0.15, -0.1) is 0 Å². The van der Waals surface area contributed by atoms with Crippen LogP contribution in [0, 0.1) is 5.92 Å². The summed E-state index contributed by atoms with van der Waals surface area (Å²) in [6.07, 6.45) is 14.2. The predicted octanol–water partition coefficient (Wildman–Crippen LogP) is 4.20. The smallest absolute Gasteiger partial charge is 0.0251 e. The largest absolute Gasteiger partial charge is 0.312 e. The van der Waals surface area contributed by atoms with Crippen molar-refractivity contribution < 1.29 is 0 Å². The van der Waals surface area contributed by atoms with Gasteiger partial charge in [-0.25, -0.2) is 0 Å². The molecule has 0 aromatic heterocycles. The van der Waals surface area contributed by atoms with Gasteiger partial charge in [-0.2, -0.15) is 0 Å². The molecule has 0 aromatic carbocycles. The Labute approximate surface area is 126 Å². The van der Waals surface area contributed by atoms with Crippen LogP contribution >= 0.6 is 0 Å². The third-order valence-corrected chi connectivity index (χ3v) is 5.52. The Balaban J connectivity index is 1.96. The van der Waals surface area contributed by atoms with Crippen LogP contribution in [-0.4, -0.2) is 36.6 Å². The summed E-state index contributed by atoms with van der Waals surface area (Å²) in [6, 6.07) is 1.58. The van der Waals surface area contributed by atoms with Gasteiger partial charge >= 0.3 is 0 Å². The second-order valence-corrected chi connectivity index (χ2v) is 7.02. The second-order valence-electron chi connectivity index (χ2n) is 7.02. The Bertz CT molecular complexity index is 246. The molecule has 0 amide bonds. The molecule has 0 bridgehead atoms. The molecule has 0 aromatic rings. The lowest BCUT2D eigenvalue weighted by atomic mass is 9.80. The maximum Gasteiger partial charge on any atom is 0.0251 e. The van der Waals surface area contributed by atoms with Crippen molar-refractivity contribution in [2.75, 3.05) is 19.6 Å². The van der Waals surface area contributed by atoms with Crippen LogP contribution in [0.3, 0.4) is 0 Å². The van der Waals surface area contributed by atoms with E-state index in [9.17, 15) is 0 Å². The van der Waals surface area contributed by atoms with Crippen LogP contribution < -0.4 is 5.32 Å². The fraction of sp³-hybridized carbons (Fsp3) is 1.00. The molecule has 1 saturated heterocycles. The predicted molar refractivity (Wildman–Crippen MR) is 88.2 cm³/mol. The molecular weight excluding hydrogens is 244 g/mol. The van der Waals surface area contributed by atoms with Gasteiger partial charge in [0.15, 0.2) is 0 Å². The zero-order valence-electron chi connectivity index (χ0n) is 13.9. The number of nitrogens with one attached hydrogen (secondary N) is 1. The highest BCUT2D eigenvalue weighted by Gasteiger charge is 2.33. The fourth-order valence-corrected chi connectivity index (χ4v) is 4.18. The van der Waals surface area contributed by atoms with E-state index in [2.05, 4.69) is 24.1 Å². The van der Waals surface area contributed by atoms with Crippen LogP contribution in [-0.2, 0) is 0 Å².